The Morgan fingerprint density at radius 2 is 2.46 bits per heavy atom. The number of hydrogen-bond donors (Lipinski definition) is 1. The molecular weight excluding hydrogens is 184 g/mol. The number of halogens is 1. The number of aromatic nitrogens is 1. The quantitative estimate of drug-likeness (QED) is 0.596. The molecule has 2 N–H and O–H groups in total. The third kappa shape index (κ3) is 2.54. The van der Waals surface area contributed by atoms with E-state index in [1.807, 2.05) is 13.0 Å². The van der Waals surface area contributed by atoms with Crippen molar-refractivity contribution in [3.8, 4) is 0 Å². The predicted molar refractivity (Wildman–Crippen MR) is 55.7 cm³/mol. The summed E-state index contributed by atoms with van der Waals surface area (Å²) in [5.74, 6) is 0. The van der Waals surface area contributed by atoms with Crippen LogP contribution in [0.4, 0.5) is 0 Å². The first-order valence-electron chi connectivity index (χ1n) is 4.13. The highest BCUT2D eigenvalue weighted by Crippen LogP contribution is 2.18. The number of nitrogens with zero attached hydrogens (tertiary/aromatic N) is 1. The SMILES string of the molecule is C=CC[C@@H](N)c1cnc(Cl)c(C)c1. The summed E-state index contributed by atoms with van der Waals surface area (Å²) in [7, 11) is 0. The summed E-state index contributed by atoms with van der Waals surface area (Å²) in [5, 5.41) is 0.537. The van der Waals surface area contributed by atoms with Gasteiger partial charge in [0.15, 0.2) is 0 Å². The highest BCUT2D eigenvalue weighted by molar-refractivity contribution is 6.30. The zero-order valence-corrected chi connectivity index (χ0v) is 8.38. The average Bonchev–Trinajstić information content (AvgIpc) is 2.10. The van der Waals surface area contributed by atoms with E-state index in [2.05, 4.69) is 11.6 Å². The summed E-state index contributed by atoms with van der Waals surface area (Å²) in [6.07, 6.45) is 4.26. The molecule has 0 aromatic carbocycles. The van der Waals surface area contributed by atoms with Gasteiger partial charge in [-0.2, -0.15) is 0 Å². The predicted octanol–water partition coefficient (Wildman–Crippen LogP) is 2.62. The van der Waals surface area contributed by atoms with Gasteiger partial charge < -0.3 is 5.73 Å². The van der Waals surface area contributed by atoms with Crippen LogP contribution in [0.2, 0.25) is 5.15 Å². The van der Waals surface area contributed by atoms with Gasteiger partial charge in [0.1, 0.15) is 5.15 Å². The van der Waals surface area contributed by atoms with Gasteiger partial charge >= 0.3 is 0 Å². The van der Waals surface area contributed by atoms with E-state index in [0.29, 0.717) is 5.15 Å². The third-order valence-electron chi connectivity index (χ3n) is 1.88. The molecule has 0 amide bonds. The Labute approximate surface area is 83.4 Å². The minimum Gasteiger partial charge on any atom is -0.324 e. The van der Waals surface area contributed by atoms with E-state index in [-0.39, 0.29) is 6.04 Å². The van der Waals surface area contributed by atoms with Crippen LogP contribution in [0, 0.1) is 6.92 Å². The maximum atomic E-state index is 5.87. The third-order valence-corrected chi connectivity index (χ3v) is 2.28. The topological polar surface area (TPSA) is 38.9 Å². The number of aryl methyl sites for hydroxylation is 1. The first-order chi connectivity index (χ1) is 6.15. The molecule has 1 aromatic heterocycles. The van der Waals surface area contributed by atoms with Crippen LogP contribution < -0.4 is 5.73 Å². The molecule has 0 aliphatic rings. The summed E-state index contributed by atoms with van der Waals surface area (Å²) in [5.41, 5.74) is 7.83. The summed E-state index contributed by atoms with van der Waals surface area (Å²) >= 11 is 5.79. The Morgan fingerprint density at radius 3 is 3.00 bits per heavy atom. The van der Waals surface area contributed by atoms with Gasteiger partial charge in [0.05, 0.1) is 0 Å². The molecule has 0 aliphatic carbocycles. The number of rotatable bonds is 3. The molecule has 0 spiro atoms. The Bertz CT molecular complexity index is 310. The number of nitrogens with two attached hydrogens (primary N) is 1. The lowest BCUT2D eigenvalue weighted by atomic mass is 10.1. The van der Waals surface area contributed by atoms with Gasteiger partial charge in [-0.25, -0.2) is 4.98 Å². The van der Waals surface area contributed by atoms with E-state index in [9.17, 15) is 0 Å². The molecule has 0 unspecified atom stereocenters. The molecule has 0 saturated heterocycles. The van der Waals surface area contributed by atoms with E-state index < -0.39 is 0 Å². The highest BCUT2D eigenvalue weighted by Gasteiger charge is 2.05. The molecule has 0 radical (unpaired) electrons. The van der Waals surface area contributed by atoms with Crippen molar-refractivity contribution in [1.29, 1.82) is 0 Å². The molecular formula is C10H13ClN2. The smallest absolute Gasteiger partial charge is 0.131 e. The molecule has 13 heavy (non-hydrogen) atoms. The van der Waals surface area contributed by atoms with Crippen molar-refractivity contribution in [3.63, 3.8) is 0 Å². The minimum atomic E-state index is -0.0269. The molecule has 70 valence electrons. The van der Waals surface area contributed by atoms with Crippen molar-refractivity contribution in [2.24, 2.45) is 5.73 Å². The van der Waals surface area contributed by atoms with Crippen molar-refractivity contribution >= 4 is 11.6 Å². The second kappa shape index (κ2) is 4.40. The summed E-state index contributed by atoms with van der Waals surface area (Å²) in [6, 6.07) is 1.93. The lowest BCUT2D eigenvalue weighted by molar-refractivity contribution is 0.736. The van der Waals surface area contributed by atoms with Crippen LogP contribution in [0.1, 0.15) is 23.6 Å². The summed E-state index contributed by atoms with van der Waals surface area (Å²) in [4.78, 5) is 4.03. The fourth-order valence-electron chi connectivity index (χ4n) is 1.10. The minimum absolute atomic E-state index is 0.0269. The lowest BCUT2D eigenvalue weighted by Gasteiger charge is -2.09. The molecule has 0 saturated carbocycles. The van der Waals surface area contributed by atoms with Crippen molar-refractivity contribution in [2.75, 3.05) is 0 Å². The second-order valence-corrected chi connectivity index (χ2v) is 3.37. The monoisotopic (exact) mass is 196 g/mol. The Kier molecular flexibility index (Phi) is 3.46. The van der Waals surface area contributed by atoms with Crippen molar-refractivity contribution in [2.45, 2.75) is 19.4 Å². The van der Waals surface area contributed by atoms with Gasteiger partial charge in [-0.3, -0.25) is 0 Å². The summed E-state index contributed by atoms with van der Waals surface area (Å²) < 4.78 is 0. The van der Waals surface area contributed by atoms with Crippen LogP contribution in [-0.2, 0) is 0 Å². The van der Waals surface area contributed by atoms with Crippen LogP contribution in [-0.4, -0.2) is 4.98 Å². The lowest BCUT2D eigenvalue weighted by Crippen LogP contribution is -2.09. The van der Waals surface area contributed by atoms with Crippen LogP contribution >= 0.6 is 11.6 Å². The van der Waals surface area contributed by atoms with E-state index in [4.69, 9.17) is 17.3 Å². The standard InChI is InChI=1S/C10H13ClN2/c1-3-4-9(12)8-5-7(2)10(11)13-6-8/h3,5-6,9H,1,4,12H2,2H3/t9-/m1/s1. The molecule has 1 heterocycles. The molecule has 3 heteroatoms. The van der Waals surface area contributed by atoms with Gasteiger partial charge in [-0.15, -0.1) is 6.58 Å². The Hall–Kier alpha value is -0.860. The largest absolute Gasteiger partial charge is 0.324 e. The first kappa shape index (κ1) is 10.2. The van der Waals surface area contributed by atoms with Crippen molar-refractivity contribution < 1.29 is 0 Å². The van der Waals surface area contributed by atoms with E-state index in [1.54, 1.807) is 12.3 Å². The van der Waals surface area contributed by atoms with Crippen molar-refractivity contribution in [3.05, 3.63) is 41.2 Å². The fraction of sp³-hybridized carbons (Fsp3) is 0.300. The van der Waals surface area contributed by atoms with Crippen LogP contribution in [0.15, 0.2) is 24.9 Å². The normalized spacial score (nSPS) is 12.5. The molecule has 0 fully saturated rings. The Balaban J connectivity index is 2.89. The number of pyridine rings is 1. The zero-order valence-electron chi connectivity index (χ0n) is 7.63. The molecule has 0 bridgehead atoms. The average molecular weight is 197 g/mol. The fourth-order valence-corrected chi connectivity index (χ4v) is 1.20. The molecule has 1 rings (SSSR count). The van der Waals surface area contributed by atoms with Gasteiger partial charge in [0, 0.05) is 12.2 Å². The first-order valence-corrected chi connectivity index (χ1v) is 4.51. The van der Waals surface area contributed by atoms with Crippen LogP contribution in [0.25, 0.3) is 0 Å². The second-order valence-electron chi connectivity index (χ2n) is 3.01. The maximum Gasteiger partial charge on any atom is 0.131 e. The van der Waals surface area contributed by atoms with E-state index in [1.165, 1.54) is 0 Å². The van der Waals surface area contributed by atoms with Crippen LogP contribution in [0.5, 0.6) is 0 Å². The van der Waals surface area contributed by atoms with E-state index >= 15 is 0 Å². The van der Waals surface area contributed by atoms with Crippen LogP contribution in [0.3, 0.4) is 0 Å². The molecule has 2 nitrogen and oxygen atoms in total. The Morgan fingerprint density at radius 1 is 1.77 bits per heavy atom. The van der Waals surface area contributed by atoms with Gasteiger partial charge in [0.25, 0.3) is 0 Å². The molecule has 1 aromatic rings. The van der Waals surface area contributed by atoms with Gasteiger partial charge in [0.2, 0.25) is 0 Å². The van der Waals surface area contributed by atoms with Crippen molar-refractivity contribution in [1.82, 2.24) is 4.98 Å². The summed E-state index contributed by atoms with van der Waals surface area (Å²) in [6.45, 7) is 5.56. The van der Waals surface area contributed by atoms with E-state index in [0.717, 1.165) is 17.5 Å². The maximum absolute atomic E-state index is 5.87. The number of hydrogen-bond acceptors (Lipinski definition) is 2. The van der Waals surface area contributed by atoms with Gasteiger partial charge in [-0.05, 0) is 30.5 Å². The zero-order chi connectivity index (χ0) is 9.84. The highest BCUT2D eigenvalue weighted by atomic mass is 35.5. The molecule has 0 aliphatic heterocycles. The molecule has 1 atom stereocenters. The van der Waals surface area contributed by atoms with Gasteiger partial charge in [-0.1, -0.05) is 17.7 Å².